The fourth-order valence-electron chi connectivity index (χ4n) is 5.27. The van der Waals surface area contributed by atoms with Crippen molar-refractivity contribution in [3.63, 3.8) is 0 Å². The molecule has 2 saturated heterocycles. The molecule has 3 rings (SSSR count). The van der Waals surface area contributed by atoms with E-state index < -0.39 is 35.6 Å². The molecule has 1 aromatic heterocycles. The number of nitrogens with zero attached hydrogens (tertiary/aromatic N) is 1. The van der Waals surface area contributed by atoms with Crippen LogP contribution in [0.2, 0.25) is 0 Å². The van der Waals surface area contributed by atoms with Crippen LogP contribution in [0, 0.1) is 24.2 Å². The number of ether oxygens (including phenoxy) is 2. The van der Waals surface area contributed by atoms with Crippen molar-refractivity contribution in [2.24, 2.45) is 17.3 Å². The molecule has 2 fully saturated rings. The molecule has 0 spiro atoms. The van der Waals surface area contributed by atoms with Crippen LogP contribution in [0.1, 0.15) is 90.8 Å². The molecule has 0 aliphatic carbocycles. The summed E-state index contributed by atoms with van der Waals surface area (Å²) in [5.74, 6) is -1.74. The van der Waals surface area contributed by atoms with Gasteiger partial charge in [0.2, 0.25) is 0 Å². The van der Waals surface area contributed by atoms with E-state index in [-0.39, 0.29) is 29.8 Å². The Bertz CT molecular complexity index is 1090. The average Bonchev–Trinajstić information content (AvgIpc) is 3.29. The van der Waals surface area contributed by atoms with Crippen LogP contribution in [0.25, 0.3) is 6.08 Å². The van der Waals surface area contributed by atoms with Gasteiger partial charge in [-0.1, -0.05) is 50.4 Å². The minimum Gasteiger partial charge on any atom is -0.456 e. The van der Waals surface area contributed by atoms with E-state index in [4.69, 9.17) is 21.1 Å². The Labute approximate surface area is 241 Å². The molecule has 7 nitrogen and oxygen atoms in total. The Morgan fingerprint density at radius 1 is 1.26 bits per heavy atom. The lowest BCUT2D eigenvalue weighted by Gasteiger charge is -2.35. The van der Waals surface area contributed by atoms with E-state index in [0.29, 0.717) is 23.6 Å². The number of cyclic esters (lactones) is 1. The predicted octanol–water partition coefficient (Wildman–Crippen LogP) is 5.99. The van der Waals surface area contributed by atoms with Crippen molar-refractivity contribution in [3.05, 3.63) is 32.8 Å². The Kier molecular flexibility index (Phi) is 10.6. The quantitative estimate of drug-likeness (QED) is 0.255. The van der Waals surface area contributed by atoms with Crippen molar-refractivity contribution in [3.8, 4) is 0 Å². The summed E-state index contributed by atoms with van der Waals surface area (Å²) in [5, 5.41) is 25.5. The number of fused-ring (bicyclic) bond motifs is 1. The number of halogens is 1. The molecule has 2 aliphatic heterocycles. The number of aliphatic hydroxyl groups is 2. The standard InChI is InChI=1S/C30H44ClNO6S/c1-17(2)10-11-21-27(35)18(3)9-8-12-30(7)25(38-30)14-23(22(31)13-20-16-39-19(4)32-20)37-26(34)15-24(33)29(5,6)28(21)36/h10,13,16,18,21,23-25,27,33,35H,8-9,11-12,14-15H2,1-7H3/t18-,21+,23-,24-,25?,27+,30?/m0/s1. The molecule has 39 heavy (non-hydrogen) atoms. The number of hydrogen-bond acceptors (Lipinski definition) is 8. The molecule has 7 atom stereocenters. The number of carbonyl (C=O) groups is 2. The first-order valence-electron chi connectivity index (χ1n) is 13.8. The van der Waals surface area contributed by atoms with Gasteiger partial charge >= 0.3 is 5.97 Å². The van der Waals surface area contributed by atoms with Gasteiger partial charge in [0, 0.05) is 17.7 Å². The van der Waals surface area contributed by atoms with E-state index in [1.807, 2.05) is 46.1 Å². The normalized spacial score (nSPS) is 34.7. The number of Topliss-reactive ketones (excluding diaryl/α,β-unsaturated/α-hetero) is 1. The molecule has 1 aromatic rings. The maximum Gasteiger partial charge on any atom is 0.309 e. The molecule has 0 radical (unpaired) electrons. The fraction of sp³-hybridized carbons (Fsp3) is 0.700. The summed E-state index contributed by atoms with van der Waals surface area (Å²) in [7, 11) is 0. The van der Waals surface area contributed by atoms with Gasteiger partial charge in [0.25, 0.3) is 0 Å². The van der Waals surface area contributed by atoms with Gasteiger partial charge < -0.3 is 19.7 Å². The van der Waals surface area contributed by atoms with Crippen LogP contribution in [0.5, 0.6) is 0 Å². The predicted molar refractivity (Wildman–Crippen MR) is 154 cm³/mol. The van der Waals surface area contributed by atoms with Gasteiger partial charge in [0.05, 0.1) is 51.5 Å². The number of aliphatic hydroxyl groups excluding tert-OH is 2. The highest BCUT2D eigenvalue weighted by Crippen LogP contribution is 2.45. The minimum atomic E-state index is -1.30. The first-order valence-corrected chi connectivity index (χ1v) is 15.1. The van der Waals surface area contributed by atoms with Gasteiger partial charge in [-0.2, -0.15) is 0 Å². The molecule has 2 aliphatic rings. The van der Waals surface area contributed by atoms with Crippen LogP contribution in [0.4, 0.5) is 0 Å². The maximum atomic E-state index is 13.8. The number of aryl methyl sites for hydroxylation is 1. The van der Waals surface area contributed by atoms with Crippen molar-refractivity contribution >= 4 is 40.8 Å². The van der Waals surface area contributed by atoms with E-state index >= 15 is 0 Å². The van der Waals surface area contributed by atoms with Gasteiger partial charge in [-0.3, -0.25) is 9.59 Å². The summed E-state index contributed by atoms with van der Waals surface area (Å²) in [5.41, 5.74) is 0.0827. The number of thiazole rings is 1. The molecular formula is C30H44ClNO6S. The Hall–Kier alpha value is -1.58. The number of hydrogen-bond donors (Lipinski definition) is 2. The summed E-state index contributed by atoms with van der Waals surface area (Å²) < 4.78 is 11.9. The average molecular weight is 582 g/mol. The molecule has 0 aromatic carbocycles. The SMILES string of the molecule is CC(C)=CC[C@H]1C(=O)C(C)(C)[C@@H](O)CC(=O)O[C@H](C(Cl)=Cc2csc(C)n2)CC2OC2(C)CCC[C@H](C)[C@H]1O. The third-order valence-corrected chi connectivity index (χ3v) is 9.38. The Morgan fingerprint density at radius 2 is 1.95 bits per heavy atom. The fourth-order valence-corrected chi connectivity index (χ4v) is 6.08. The molecule has 0 saturated carbocycles. The number of esters is 1. The Morgan fingerprint density at radius 3 is 2.56 bits per heavy atom. The highest BCUT2D eigenvalue weighted by atomic mass is 35.5. The summed E-state index contributed by atoms with van der Waals surface area (Å²) in [6, 6.07) is 0. The number of aromatic nitrogens is 1. The molecule has 9 heteroatoms. The number of ketones is 1. The summed E-state index contributed by atoms with van der Waals surface area (Å²) in [6.45, 7) is 13.1. The van der Waals surface area contributed by atoms with E-state index in [1.165, 1.54) is 11.3 Å². The summed E-state index contributed by atoms with van der Waals surface area (Å²) >= 11 is 8.17. The van der Waals surface area contributed by atoms with Crippen molar-refractivity contribution < 1.29 is 29.3 Å². The monoisotopic (exact) mass is 581 g/mol. The highest BCUT2D eigenvalue weighted by molar-refractivity contribution is 7.09. The zero-order valence-electron chi connectivity index (χ0n) is 24.2. The second-order valence-electron chi connectivity index (χ2n) is 12.2. The molecule has 0 bridgehead atoms. The van der Waals surface area contributed by atoms with Gasteiger partial charge in [-0.15, -0.1) is 11.3 Å². The molecule has 0 amide bonds. The van der Waals surface area contributed by atoms with Crippen LogP contribution >= 0.6 is 22.9 Å². The molecule has 3 heterocycles. The van der Waals surface area contributed by atoms with Crippen molar-refractivity contribution in [1.82, 2.24) is 4.98 Å². The van der Waals surface area contributed by atoms with Crippen LogP contribution < -0.4 is 0 Å². The summed E-state index contributed by atoms with van der Waals surface area (Å²) in [6.07, 6.45) is 3.26. The first kappa shape index (κ1) is 31.9. The second kappa shape index (κ2) is 12.9. The van der Waals surface area contributed by atoms with E-state index in [1.54, 1.807) is 19.9 Å². The van der Waals surface area contributed by atoms with E-state index in [0.717, 1.165) is 29.8 Å². The first-order chi connectivity index (χ1) is 18.1. The van der Waals surface area contributed by atoms with Crippen molar-refractivity contribution in [2.75, 3.05) is 0 Å². The van der Waals surface area contributed by atoms with E-state index in [9.17, 15) is 19.8 Å². The highest BCUT2D eigenvalue weighted by Gasteiger charge is 2.53. The lowest BCUT2D eigenvalue weighted by atomic mass is 9.71. The number of allylic oxidation sites excluding steroid dienone is 2. The smallest absolute Gasteiger partial charge is 0.309 e. The van der Waals surface area contributed by atoms with Crippen molar-refractivity contribution in [2.45, 2.75) is 117 Å². The zero-order chi connectivity index (χ0) is 29.1. The second-order valence-corrected chi connectivity index (χ2v) is 13.7. The largest absolute Gasteiger partial charge is 0.456 e. The Balaban J connectivity index is 1.90. The minimum absolute atomic E-state index is 0.122. The van der Waals surface area contributed by atoms with Gasteiger partial charge in [0.15, 0.2) is 0 Å². The maximum absolute atomic E-state index is 13.8. The van der Waals surface area contributed by atoms with Crippen LogP contribution in [-0.2, 0) is 19.1 Å². The molecule has 2 N–H and O–H groups in total. The van der Waals surface area contributed by atoms with Gasteiger partial charge in [-0.05, 0) is 59.0 Å². The van der Waals surface area contributed by atoms with Gasteiger partial charge in [0.1, 0.15) is 11.9 Å². The molecule has 218 valence electrons. The number of epoxide rings is 1. The lowest BCUT2D eigenvalue weighted by Crippen LogP contribution is -2.46. The molecule has 2 unspecified atom stereocenters. The van der Waals surface area contributed by atoms with Crippen LogP contribution in [-0.4, -0.2) is 57.0 Å². The molecular weight excluding hydrogens is 538 g/mol. The van der Waals surface area contributed by atoms with Gasteiger partial charge in [-0.25, -0.2) is 4.98 Å². The number of carbonyl (C=O) groups excluding carboxylic acids is 2. The zero-order valence-corrected chi connectivity index (χ0v) is 25.8. The topological polar surface area (TPSA) is 109 Å². The van der Waals surface area contributed by atoms with Crippen molar-refractivity contribution in [1.29, 1.82) is 0 Å². The third kappa shape index (κ3) is 8.23. The summed E-state index contributed by atoms with van der Waals surface area (Å²) in [4.78, 5) is 31.3. The van der Waals surface area contributed by atoms with Crippen LogP contribution in [0.15, 0.2) is 22.1 Å². The third-order valence-electron chi connectivity index (χ3n) is 8.24. The lowest BCUT2D eigenvalue weighted by molar-refractivity contribution is -0.154. The number of rotatable bonds is 4. The van der Waals surface area contributed by atoms with E-state index in [2.05, 4.69) is 4.98 Å². The van der Waals surface area contributed by atoms with Crippen LogP contribution in [0.3, 0.4) is 0 Å².